The molecule has 0 bridgehead atoms. The molecule has 1 aliphatic rings. The Morgan fingerprint density at radius 2 is 2.00 bits per heavy atom. The van der Waals surface area contributed by atoms with Gasteiger partial charge in [0.15, 0.2) is 0 Å². The average molecular weight is 419 g/mol. The highest BCUT2D eigenvalue weighted by Crippen LogP contribution is 2.32. The Morgan fingerprint density at radius 3 is 2.57 bits per heavy atom. The highest BCUT2D eigenvalue weighted by Gasteiger charge is 2.31. The molecule has 9 heteroatoms. The van der Waals surface area contributed by atoms with Crippen molar-refractivity contribution in [2.24, 2.45) is 0 Å². The molecule has 0 unspecified atom stereocenters. The van der Waals surface area contributed by atoms with E-state index in [1.165, 1.54) is 11.3 Å². The van der Waals surface area contributed by atoms with Crippen molar-refractivity contribution in [2.75, 3.05) is 13.1 Å². The molecule has 2 aromatic rings. The van der Waals surface area contributed by atoms with Gasteiger partial charge in [0, 0.05) is 25.0 Å². The molecule has 2 aromatic heterocycles. The summed E-state index contributed by atoms with van der Waals surface area (Å²) in [5, 5.41) is 8.20. The third kappa shape index (κ3) is 3.38. The van der Waals surface area contributed by atoms with E-state index in [2.05, 4.69) is 44.5 Å². The van der Waals surface area contributed by atoms with Crippen molar-refractivity contribution in [3.63, 3.8) is 0 Å². The van der Waals surface area contributed by atoms with Crippen molar-refractivity contribution >= 4 is 37.3 Å². The number of nitrogens with zero attached hydrogens (tertiary/aromatic N) is 4. The molecule has 3 rings (SSSR count). The van der Waals surface area contributed by atoms with Gasteiger partial charge < -0.3 is 4.57 Å². The molecule has 1 saturated heterocycles. The minimum atomic E-state index is -3.38. The van der Waals surface area contributed by atoms with Crippen LogP contribution in [0, 0.1) is 0 Å². The highest BCUT2D eigenvalue weighted by atomic mass is 79.9. The molecule has 0 N–H and O–H groups in total. The molecule has 0 saturated carbocycles. The van der Waals surface area contributed by atoms with Crippen LogP contribution in [0.3, 0.4) is 0 Å². The maximum atomic E-state index is 12.7. The topological polar surface area (TPSA) is 68.1 Å². The predicted molar refractivity (Wildman–Crippen MR) is 93.2 cm³/mol. The number of hydrogen-bond acceptors (Lipinski definition) is 5. The van der Waals surface area contributed by atoms with Gasteiger partial charge in [-0.1, -0.05) is 13.8 Å². The van der Waals surface area contributed by atoms with Crippen LogP contribution in [-0.4, -0.2) is 40.6 Å². The van der Waals surface area contributed by atoms with Crippen molar-refractivity contribution in [1.82, 2.24) is 19.1 Å². The van der Waals surface area contributed by atoms with E-state index in [9.17, 15) is 8.42 Å². The van der Waals surface area contributed by atoms with Crippen LogP contribution >= 0.6 is 27.3 Å². The molecule has 3 heterocycles. The molecular weight excluding hydrogens is 400 g/mol. The monoisotopic (exact) mass is 418 g/mol. The first-order valence-corrected chi connectivity index (χ1v) is 10.6. The number of sulfonamides is 1. The lowest BCUT2D eigenvalue weighted by atomic mass is 10.1. The van der Waals surface area contributed by atoms with Crippen LogP contribution in [0.2, 0.25) is 0 Å². The molecule has 0 amide bonds. The molecule has 126 valence electrons. The molecule has 0 spiro atoms. The van der Waals surface area contributed by atoms with Crippen LogP contribution in [0.1, 0.15) is 44.5 Å². The lowest BCUT2D eigenvalue weighted by molar-refractivity contribution is 0.269. The van der Waals surface area contributed by atoms with Crippen molar-refractivity contribution in [3.05, 3.63) is 28.1 Å². The first-order chi connectivity index (χ1) is 10.9. The van der Waals surface area contributed by atoms with E-state index in [0.29, 0.717) is 23.2 Å². The fourth-order valence-corrected chi connectivity index (χ4v) is 6.50. The summed E-state index contributed by atoms with van der Waals surface area (Å²) in [7, 11) is -3.38. The molecule has 1 fully saturated rings. The van der Waals surface area contributed by atoms with Crippen LogP contribution in [0.15, 0.2) is 26.5 Å². The minimum Gasteiger partial charge on any atom is -0.314 e. The first kappa shape index (κ1) is 17.1. The Hall–Kier alpha value is -0.770. The van der Waals surface area contributed by atoms with Crippen LogP contribution < -0.4 is 0 Å². The van der Waals surface area contributed by atoms with Crippen molar-refractivity contribution in [1.29, 1.82) is 0 Å². The third-order valence-corrected chi connectivity index (χ3v) is 8.07. The molecule has 1 aliphatic heterocycles. The van der Waals surface area contributed by atoms with E-state index in [1.807, 2.05) is 0 Å². The fraction of sp³-hybridized carbons (Fsp3) is 0.571. The summed E-state index contributed by atoms with van der Waals surface area (Å²) in [6.45, 7) is 5.24. The highest BCUT2D eigenvalue weighted by molar-refractivity contribution is 9.11. The predicted octanol–water partition coefficient (Wildman–Crippen LogP) is 3.25. The Kier molecular flexibility index (Phi) is 4.91. The Morgan fingerprint density at radius 1 is 1.30 bits per heavy atom. The van der Waals surface area contributed by atoms with Gasteiger partial charge in [0.1, 0.15) is 16.4 Å². The molecular formula is C14H19BrN4O2S2. The smallest absolute Gasteiger partial charge is 0.252 e. The van der Waals surface area contributed by atoms with Crippen LogP contribution in [0.4, 0.5) is 0 Å². The van der Waals surface area contributed by atoms with E-state index in [-0.39, 0.29) is 6.04 Å². The zero-order chi connectivity index (χ0) is 16.6. The van der Waals surface area contributed by atoms with Crippen molar-refractivity contribution in [3.8, 4) is 0 Å². The van der Waals surface area contributed by atoms with Gasteiger partial charge in [-0.05, 0) is 40.9 Å². The van der Waals surface area contributed by atoms with E-state index in [4.69, 9.17) is 0 Å². The molecule has 0 atom stereocenters. The Bertz CT molecular complexity index is 776. The summed E-state index contributed by atoms with van der Waals surface area (Å²) < 4.78 is 30.2. The SMILES string of the molecule is CC(C)c1nncn1C1CCN(S(=O)(=O)c2ccc(Br)s2)CC1. The van der Waals surface area contributed by atoms with E-state index < -0.39 is 10.0 Å². The second-order valence-electron chi connectivity index (χ2n) is 5.94. The summed E-state index contributed by atoms with van der Waals surface area (Å²) >= 11 is 4.58. The van der Waals surface area contributed by atoms with Gasteiger partial charge in [-0.3, -0.25) is 0 Å². The summed E-state index contributed by atoms with van der Waals surface area (Å²) in [5.74, 6) is 1.27. The second kappa shape index (κ2) is 6.62. The summed E-state index contributed by atoms with van der Waals surface area (Å²) in [6.07, 6.45) is 3.33. The fourth-order valence-electron chi connectivity index (χ4n) is 2.87. The van der Waals surface area contributed by atoms with Gasteiger partial charge >= 0.3 is 0 Å². The lowest BCUT2D eigenvalue weighted by Gasteiger charge is -2.32. The van der Waals surface area contributed by atoms with Crippen LogP contribution in [0.25, 0.3) is 0 Å². The second-order valence-corrected chi connectivity index (χ2v) is 10.6. The number of halogens is 1. The van der Waals surface area contributed by atoms with Gasteiger partial charge in [-0.25, -0.2) is 8.42 Å². The van der Waals surface area contributed by atoms with Gasteiger partial charge in [0.25, 0.3) is 10.0 Å². The normalized spacial score (nSPS) is 17.9. The standard InChI is InChI=1S/C14H19BrN4O2S2/c1-10(2)14-17-16-9-19(14)11-5-7-18(8-6-11)23(20,21)13-4-3-12(15)22-13/h3-4,9-11H,5-8H2,1-2H3. The van der Waals surface area contributed by atoms with Gasteiger partial charge in [0.05, 0.1) is 3.79 Å². The number of aromatic nitrogens is 3. The number of hydrogen-bond donors (Lipinski definition) is 0. The quantitative estimate of drug-likeness (QED) is 0.763. The minimum absolute atomic E-state index is 0.268. The lowest BCUT2D eigenvalue weighted by Crippen LogP contribution is -2.38. The average Bonchev–Trinajstić information content (AvgIpc) is 3.16. The first-order valence-electron chi connectivity index (χ1n) is 7.54. The van der Waals surface area contributed by atoms with Crippen LogP contribution in [-0.2, 0) is 10.0 Å². The number of rotatable bonds is 4. The van der Waals surface area contributed by atoms with Crippen molar-refractivity contribution in [2.45, 2.75) is 42.9 Å². The molecule has 23 heavy (non-hydrogen) atoms. The molecule has 0 radical (unpaired) electrons. The summed E-state index contributed by atoms with van der Waals surface area (Å²) in [4.78, 5) is 0. The third-order valence-electron chi connectivity index (χ3n) is 4.08. The zero-order valence-corrected chi connectivity index (χ0v) is 16.2. The van der Waals surface area contributed by atoms with Crippen molar-refractivity contribution < 1.29 is 8.42 Å². The summed E-state index contributed by atoms with van der Waals surface area (Å²) in [5.41, 5.74) is 0. The zero-order valence-electron chi connectivity index (χ0n) is 13.0. The van der Waals surface area contributed by atoms with E-state index in [1.54, 1.807) is 22.8 Å². The molecule has 0 aliphatic carbocycles. The largest absolute Gasteiger partial charge is 0.314 e. The van der Waals surface area contributed by atoms with Gasteiger partial charge in [-0.2, -0.15) is 4.31 Å². The van der Waals surface area contributed by atoms with Gasteiger partial charge in [0.2, 0.25) is 0 Å². The maximum Gasteiger partial charge on any atom is 0.252 e. The summed E-state index contributed by atoms with van der Waals surface area (Å²) in [6, 6.07) is 3.70. The van der Waals surface area contributed by atoms with Crippen LogP contribution in [0.5, 0.6) is 0 Å². The number of thiophene rings is 1. The Labute approximate surface area is 148 Å². The molecule has 0 aromatic carbocycles. The number of piperidine rings is 1. The van der Waals surface area contributed by atoms with E-state index in [0.717, 1.165) is 22.5 Å². The molecule has 6 nitrogen and oxygen atoms in total. The van der Waals surface area contributed by atoms with E-state index >= 15 is 0 Å². The maximum absolute atomic E-state index is 12.7. The Balaban J connectivity index is 1.72. The van der Waals surface area contributed by atoms with Gasteiger partial charge in [-0.15, -0.1) is 21.5 Å².